The van der Waals surface area contributed by atoms with E-state index in [1.165, 1.54) is 0 Å². The van der Waals surface area contributed by atoms with Crippen LogP contribution in [0.3, 0.4) is 0 Å². The van der Waals surface area contributed by atoms with E-state index in [1.807, 2.05) is 6.92 Å². The minimum absolute atomic E-state index is 0.122. The van der Waals surface area contributed by atoms with E-state index in [0.717, 1.165) is 12.7 Å². The monoisotopic (exact) mass is 172 g/mol. The van der Waals surface area contributed by atoms with Crippen molar-refractivity contribution in [1.29, 1.82) is 0 Å². The highest BCUT2D eigenvalue weighted by Crippen LogP contribution is 2.22. The maximum absolute atomic E-state index is 9.41. The van der Waals surface area contributed by atoms with Gasteiger partial charge in [0, 0.05) is 6.42 Å². The van der Waals surface area contributed by atoms with Gasteiger partial charge >= 0.3 is 0 Å². The molecular formula is C9H16O3. The van der Waals surface area contributed by atoms with Gasteiger partial charge in [-0.25, -0.2) is 0 Å². The number of hydrogen-bond donors (Lipinski definition) is 2. The molecule has 3 unspecified atom stereocenters. The molecule has 1 saturated heterocycles. The zero-order valence-electron chi connectivity index (χ0n) is 7.31. The molecule has 0 amide bonds. The topological polar surface area (TPSA) is 49.7 Å². The Hall–Kier alpha value is -0.540. The van der Waals surface area contributed by atoms with Crippen molar-refractivity contribution < 1.29 is 14.9 Å². The Morgan fingerprint density at radius 1 is 1.50 bits per heavy atom. The third kappa shape index (κ3) is 2.50. The molecule has 0 aromatic carbocycles. The molecule has 0 bridgehead atoms. The van der Waals surface area contributed by atoms with Crippen molar-refractivity contribution in [2.45, 2.75) is 44.5 Å². The highest BCUT2D eigenvalue weighted by atomic mass is 16.5. The van der Waals surface area contributed by atoms with Crippen LogP contribution in [0.1, 0.15) is 26.2 Å². The molecule has 3 atom stereocenters. The van der Waals surface area contributed by atoms with E-state index in [9.17, 15) is 5.11 Å². The van der Waals surface area contributed by atoms with Crippen molar-refractivity contribution in [3.8, 4) is 0 Å². The van der Waals surface area contributed by atoms with Gasteiger partial charge in [0.05, 0.1) is 24.6 Å². The highest BCUT2D eigenvalue weighted by molar-refractivity contribution is 4.89. The highest BCUT2D eigenvalue weighted by Gasteiger charge is 2.25. The van der Waals surface area contributed by atoms with Crippen LogP contribution in [0.25, 0.3) is 0 Å². The lowest BCUT2D eigenvalue weighted by Crippen LogP contribution is -2.34. The molecule has 0 saturated carbocycles. The molecule has 70 valence electrons. The van der Waals surface area contributed by atoms with E-state index in [4.69, 9.17) is 9.84 Å². The Morgan fingerprint density at radius 2 is 2.25 bits per heavy atom. The van der Waals surface area contributed by atoms with Crippen LogP contribution in [0.15, 0.2) is 12.3 Å². The van der Waals surface area contributed by atoms with Crippen LogP contribution >= 0.6 is 0 Å². The van der Waals surface area contributed by atoms with Crippen molar-refractivity contribution >= 4 is 0 Å². The Labute approximate surface area is 72.7 Å². The van der Waals surface area contributed by atoms with Crippen LogP contribution in [-0.4, -0.2) is 28.5 Å². The molecule has 3 heteroatoms. The van der Waals surface area contributed by atoms with Crippen molar-refractivity contribution in [1.82, 2.24) is 0 Å². The molecule has 0 aromatic heterocycles. The van der Waals surface area contributed by atoms with Crippen LogP contribution in [0.4, 0.5) is 0 Å². The summed E-state index contributed by atoms with van der Waals surface area (Å²) in [6, 6.07) is 0. The van der Waals surface area contributed by atoms with E-state index in [-0.39, 0.29) is 18.3 Å². The first kappa shape index (κ1) is 9.55. The molecule has 3 nitrogen and oxygen atoms in total. The summed E-state index contributed by atoms with van der Waals surface area (Å²) in [5.74, 6) is 0. The molecule has 0 spiro atoms. The molecule has 0 radical (unpaired) electrons. The molecule has 0 aromatic rings. The van der Waals surface area contributed by atoms with Crippen LogP contribution in [0.2, 0.25) is 0 Å². The van der Waals surface area contributed by atoms with E-state index in [0.29, 0.717) is 12.8 Å². The summed E-state index contributed by atoms with van der Waals surface area (Å²) in [7, 11) is 0. The number of ether oxygens (including phenoxy) is 1. The zero-order valence-corrected chi connectivity index (χ0v) is 7.31. The van der Waals surface area contributed by atoms with Crippen LogP contribution in [0.5, 0.6) is 0 Å². The van der Waals surface area contributed by atoms with E-state index >= 15 is 0 Å². The smallest absolute Gasteiger partial charge is 0.0816 e. The fourth-order valence-electron chi connectivity index (χ4n) is 1.51. The normalized spacial score (nSPS) is 37.3. The third-order valence-corrected chi connectivity index (χ3v) is 2.16. The van der Waals surface area contributed by atoms with Crippen molar-refractivity contribution in [2.75, 3.05) is 0 Å². The lowest BCUT2D eigenvalue weighted by molar-refractivity contribution is -0.0769. The summed E-state index contributed by atoms with van der Waals surface area (Å²) >= 11 is 0. The molecule has 1 aliphatic rings. The van der Waals surface area contributed by atoms with E-state index in [1.54, 1.807) is 6.08 Å². The molecule has 1 rings (SSSR count). The van der Waals surface area contributed by atoms with Gasteiger partial charge in [-0.3, -0.25) is 0 Å². The van der Waals surface area contributed by atoms with Crippen LogP contribution < -0.4 is 0 Å². The summed E-state index contributed by atoms with van der Waals surface area (Å²) in [5, 5.41) is 17.9. The fraction of sp³-hybridized carbons (Fsp3) is 0.778. The van der Waals surface area contributed by atoms with Gasteiger partial charge in [0.15, 0.2) is 0 Å². The van der Waals surface area contributed by atoms with E-state index in [2.05, 4.69) is 0 Å². The lowest BCUT2D eigenvalue weighted by Gasteiger charge is -2.30. The predicted molar refractivity (Wildman–Crippen MR) is 46.0 cm³/mol. The van der Waals surface area contributed by atoms with Crippen LogP contribution in [0, 0.1) is 0 Å². The van der Waals surface area contributed by atoms with Crippen LogP contribution in [-0.2, 0) is 4.74 Å². The minimum atomic E-state index is -0.287. The lowest BCUT2D eigenvalue weighted by atomic mass is 9.99. The van der Waals surface area contributed by atoms with Crippen molar-refractivity contribution in [3.05, 3.63) is 12.3 Å². The number of aliphatic hydroxyl groups is 2. The molecular weight excluding hydrogens is 156 g/mol. The minimum Gasteiger partial charge on any atom is -0.516 e. The summed E-state index contributed by atoms with van der Waals surface area (Å²) in [4.78, 5) is 0. The van der Waals surface area contributed by atoms with Gasteiger partial charge < -0.3 is 14.9 Å². The Bertz CT molecular complexity index is 156. The molecule has 1 aliphatic heterocycles. The summed E-state index contributed by atoms with van der Waals surface area (Å²) in [6.07, 6.45) is 4.50. The van der Waals surface area contributed by atoms with Crippen molar-refractivity contribution in [3.63, 3.8) is 0 Å². The number of hydrogen-bond acceptors (Lipinski definition) is 3. The largest absolute Gasteiger partial charge is 0.516 e. The average molecular weight is 172 g/mol. The summed E-state index contributed by atoms with van der Waals surface area (Å²) in [5.41, 5.74) is 0. The number of rotatable bonds is 2. The van der Waals surface area contributed by atoms with Gasteiger partial charge in [-0.15, -0.1) is 0 Å². The van der Waals surface area contributed by atoms with Gasteiger partial charge in [0.2, 0.25) is 0 Å². The zero-order chi connectivity index (χ0) is 8.97. The third-order valence-electron chi connectivity index (χ3n) is 2.16. The van der Waals surface area contributed by atoms with E-state index < -0.39 is 0 Å². The Kier molecular flexibility index (Phi) is 3.56. The summed E-state index contributed by atoms with van der Waals surface area (Å²) in [6.45, 7) is 2.03. The van der Waals surface area contributed by atoms with Gasteiger partial charge in [0.25, 0.3) is 0 Å². The van der Waals surface area contributed by atoms with Gasteiger partial charge in [0.1, 0.15) is 0 Å². The maximum Gasteiger partial charge on any atom is 0.0816 e. The molecule has 2 N–H and O–H groups in total. The van der Waals surface area contributed by atoms with Gasteiger partial charge in [-0.05, 0) is 18.9 Å². The summed E-state index contributed by atoms with van der Waals surface area (Å²) < 4.78 is 5.54. The molecule has 0 aliphatic carbocycles. The first-order valence-electron chi connectivity index (χ1n) is 4.40. The van der Waals surface area contributed by atoms with Crippen molar-refractivity contribution in [2.24, 2.45) is 0 Å². The fourth-order valence-corrected chi connectivity index (χ4v) is 1.51. The SMILES string of the molecule is CCC1CC(O)CC(C=CO)O1. The maximum atomic E-state index is 9.41. The second-order valence-electron chi connectivity index (χ2n) is 3.17. The quantitative estimate of drug-likeness (QED) is 0.618. The molecule has 12 heavy (non-hydrogen) atoms. The average Bonchev–Trinajstić information content (AvgIpc) is 2.04. The molecule has 1 heterocycles. The van der Waals surface area contributed by atoms with Gasteiger partial charge in [-0.1, -0.05) is 6.92 Å². The number of aliphatic hydroxyl groups excluding tert-OH is 2. The second-order valence-corrected chi connectivity index (χ2v) is 3.17. The first-order chi connectivity index (χ1) is 5.76. The predicted octanol–water partition coefficient (Wildman–Crippen LogP) is 1.38. The molecule has 1 fully saturated rings. The van der Waals surface area contributed by atoms with Gasteiger partial charge in [-0.2, -0.15) is 0 Å². The Balaban J connectivity index is 2.45. The Morgan fingerprint density at radius 3 is 2.83 bits per heavy atom. The first-order valence-corrected chi connectivity index (χ1v) is 4.40. The standard InChI is InChI=1S/C9H16O3/c1-2-8-5-7(11)6-9(12-8)3-4-10/h3-4,7-11H,2,5-6H2,1H3. The second kappa shape index (κ2) is 4.48.